The van der Waals surface area contributed by atoms with Crippen LogP contribution in [0, 0.1) is 0 Å². The van der Waals surface area contributed by atoms with Gasteiger partial charge in [-0.15, -0.1) is 11.3 Å². The molecule has 0 unspecified atom stereocenters. The molecule has 0 amide bonds. The fourth-order valence-corrected chi connectivity index (χ4v) is 6.64. The largest absolute Gasteiger partial charge is 0.134 e. The van der Waals surface area contributed by atoms with Gasteiger partial charge in [-0.3, -0.25) is 0 Å². The molecular formula is C36H24S. The van der Waals surface area contributed by atoms with E-state index in [9.17, 15) is 0 Å². The fourth-order valence-electron chi connectivity index (χ4n) is 5.27. The van der Waals surface area contributed by atoms with Crippen molar-refractivity contribution in [2.24, 2.45) is 0 Å². The van der Waals surface area contributed by atoms with Crippen LogP contribution < -0.4 is 0 Å². The molecule has 0 fully saturated rings. The lowest BCUT2D eigenvalue weighted by Gasteiger charge is -2.07. The van der Waals surface area contributed by atoms with Gasteiger partial charge < -0.3 is 0 Å². The summed E-state index contributed by atoms with van der Waals surface area (Å²) in [5.74, 6) is 0. The molecular weight excluding hydrogens is 464 g/mol. The average Bonchev–Trinajstić information content (AvgIpc) is 3.37. The number of rotatable bonds is 4. The third-order valence-corrected chi connectivity index (χ3v) is 8.37. The van der Waals surface area contributed by atoms with E-state index in [0.717, 1.165) is 0 Å². The molecule has 0 nitrogen and oxygen atoms in total. The molecule has 0 N–H and O–H groups in total. The number of fused-ring (bicyclic) bond motifs is 3. The Hall–Kier alpha value is -4.46. The van der Waals surface area contributed by atoms with Crippen molar-refractivity contribution in [3.63, 3.8) is 0 Å². The molecule has 0 aliphatic carbocycles. The summed E-state index contributed by atoms with van der Waals surface area (Å²) < 4.78 is 2.68. The summed E-state index contributed by atoms with van der Waals surface area (Å²) in [4.78, 5) is 0. The normalized spacial score (nSPS) is 11.2. The molecule has 7 aromatic rings. The zero-order valence-corrected chi connectivity index (χ0v) is 21.1. The lowest BCUT2D eigenvalue weighted by molar-refractivity contribution is 1.61. The van der Waals surface area contributed by atoms with E-state index in [4.69, 9.17) is 0 Å². The minimum absolute atomic E-state index is 1.24. The maximum Gasteiger partial charge on any atom is 0.0434 e. The fraction of sp³-hybridized carbons (Fsp3) is 0. The minimum Gasteiger partial charge on any atom is -0.134 e. The Bertz CT molecular complexity index is 1720. The van der Waals surface area contributed by atoms with E-state index < -0.39 is 0 Å². The van der Waals surface area contributed by atoms with Gasteiger partial charge in [-0.2, -0.15) is 0 Å². The number of hydrogen-bond acceptors (Lipinski definition) is 1. The first-order valence-corrected chi connectivity index (χ1v) is 13.4. The molecule has 37 heavy (non-hydrogen) atoms. The van der Waals surface area contributed by atoms with Gasteiger partial charge >= 0.3 is 0 Å². The van der Waals surface area contributed by atoms with Crippen molar-refractivity contribution in [3.05, 3.63) is 146 Å². The Morgan fingerprint density at radius 3 is 1.14 bits per heavy atom. The van der Waals surface area contributed by atoms with E-state index >= 15 is 0 Å². The highest BCUT2D eigenvalue weighted by Gasteiger charge is 2.14. The first-order chi connectivity index (χ1) is 18.3. The summed E-state index contributed by atoms with van der Waals surface area (Å²) in [5, 5.41) is 2.65. The van der Waals surface area contributed by atoms with Crippen LogP contribution in [0.5, 0.6) is 0 Å². The Kier molecular flexibility index (Phi) is 5.42. The van der Waals surface area contributed by atoms with Gasteiger partial charge in [0, 0.05) is 20.2 Å². The molecule has 174 valence electrons. The van der Waals surface area contributed by atoms with Crippen LogP contribution in [0.3, 0.4) is 0 Å². The van der Waals surface area contributed by atoms with E-state index in [-0.39, 0.29) is 0 Å². The van der Waals surface area contributed by atoms with Crippen LogP contribution in [0.1, 0.15) is 0 Å². The van der Waals surface area contributed by atoms with Crippen molar-refractivity contribution in [2.75, 3.05) is 0 Å². The van der Waals surface area contributed by atoms with Crippen molar-refractivity contribution in [1.29, 1.82) is 0 Å². The first-order valence-electron chi connectivity index (χ1n) is 12.6. The second-order valence-electron chi connectivity index (χ2n) is 9.36. The van der Waals surface area contributed by atoms with Crippen LogP contribution in [0.4, 0.5) is 0 Å². The minimum atomic E-state index is 1.24. The molecule has 7 rings (SSSR count). The molecule has 1 heteroatoms. The number of thiophene rings is 1. The van der Waals surface area contributed by atoms with Gasteiger partial charge in [-0.05, 0) is 56.6 Å². The molecule has 1 aromatic heterocycles. The summed E-state index contributed by atoms with van der Waals surface area (Å²) >= 11 is 1.91. The van der Waals surface area contributed by atoms with Crippen LogP contribution in [-0.4, -0.2) is 0 Å². The Labute approximate surface area is 221 Å². The van der Waals surface area contributed by atoms with Gasteiger partial charge in [0.1, 0.15) is 0 Å². The molecule has 0 radical (unpaired) electrons. The molecule has 0 aliphatic rings. The highest BCUT2D eigenvalue weighted by molar-refractivity contribution is 7.26. The van der Waals surface area contributed by atoms with Gasteiger partial charge in [-0.1, -0.05) is 133 Å². The SMILES string of the molecule is c1ccc(-c2cccc(-c3cccc4c3sc3c(-c5cccc(-c6ccccc6)c5)cccc34)c2)cc1. The van der Waals surface area contributed by atoms with Crippen molar-refractivity contribution < 1.29 is 0 Å². The van der Waals surface area contributed by atoms with Gasteiger partial charge in [0.25, 0.3) is 0 Å². The number of hydrogen-bond donors (Lipinski definition) is 0. The zero-order valence-electron chi connectivity index (χ0n) is 20.3. The monoisotopic (exact) mass is 488 g/mol. The second-order valence-corrected chi connectivity index (χ2v) is 10.4. The maximum atomic E-state index is 2.32. The maximum absolute atomic E-state index is 2.32. The van der Waals surface area contributed by atoms with E-state index in [1.165, 1.54) is 64.7 Å². The summed E-state index contributed by atoms with van der Waals surface area (Å²) in [6, 6.07) is 52.5. The predicted molar refractivity (Wildman–Crippen MR) is 161 cm³/mol. The summed E-state index contributed by atoms with van der Waals surface area (Å²) in [5.41, 5.74) is 10.1. The van der Waals surface area contributed by atoms with E-state index in [1.807, 2.05) is 11.3 Å². The van der Waals surface area contributed by atoms with Crippen LogP contribution in [0.2, 0.25) is 0 Å². The molecule has 1 heterocycles. The highest BCUT2D eigenvalue weighted by Crippen LogP contribution is 2.44. The Balaban J connectivity index is 1.39. The van der Waals surface area contributed by atoms with Crippen LogP contribution >= 0.6 is 11.3 Å². The van der Waals surface area contributed by atoms with Crippen LogP contribution in [-0.2, 0) is 0 Å². The Morgan fingerprint density at radius 2 is 0.676 bits per heavy atom. The molecule has 0 saturated carbocycles. The summed E-state index contributed by atoms with van der Waals surface area (Å²) in [6.45, 7) is 0. The van der Waals surface area contributed by atoms with Crippen molar-refractivity contribution in [3.8, 4) is 44.5 Å². The standard InChI is InChI=1S/C36H24S/c1-3-11-25(12-4-1)27-15-7-17-29(23-27)31-19-9-21-33-34-22-10-20-32(36(34)37-35(31)33)30-18-8-16-28(24-30)26-13-5-2-6-14-26/h1-24H. The lowest BCUT2D eigenvalue weighted by Crippen LogP contribution is -1.82. The molecule has 0 bridgehead atoms. The molecule has 0 aliphatic heterocycles. The van der Waals surface area contributed by atoms with E-state index in [2.05, 4.69) is 146 Å². The van der Waals surface area contributed by atoms with Gasteiger partial charge in [0.15, 0.2) is 0 Å². The summed E-state index contributed by atoms with van der Waals surface area (Å²) in [6.07, 6.45) is 0. The third-order valence-electron chi connectivity index (χ3n) is 7.09. The zero-order chi connectivity index (χ0) is 24.6. The van der Waals surface area contributed by atoms with Gasteiger partial charge in [0.2, 0.25) is 0 Å². The Morgan fingerprint density at radius 1 is 0.297 bits per heavy atom. The van der Waals surface area contributed by atoms with Gasteiger partial charge in [0.05, 0.1) is 0 Å². The molecule has 0 atom stereocenters. The third kappa shape index (κ3) is 3.94. The lowest BCUT2D eigenvalue weighted by atomic mass is 9.96. The molecule has 6 aromatic carbocycles. The van der Waals surface area contributed by atoms with Crippen LogP contribution in [0.25, 0.3) is 64.7 Å². The average molecular weight is 489 g/mol. The molecule has 0 spiro atoms. The van der Waals surface area contributed by atoms with E-state index in [0.29, 0.717) is 0 Å². The highest BCUT2D eigenvalue weighted by atomic mass is 32.1. The van der Waals surface area contributed by atoms with Crippen LogP contribution in [0.15, 0.2) is 146 Å². The quantitative estimate of drug-likeness (QED) is 0.231. The first kappa shape index (κ1) is 21.8. The van der Waals surface area contributed by atoms with E-state index in [1.54, 1.807) is 0 Å². The topological polar surface area (TPSA) is 0 Å². The van der Waals surface area contributed by atoms with Crippen molar-refractivity contribution in [2.45, 2.75) is 0 Å². The van der Waals surface area contributed by atoms with Crippen molar-refractivity contribution in [1.82, 2.24) is 0 Å². The van der Waals surface area contributed by atoms with Crippen molar-refractivity contribution >= 4 is 31.5 Å². The second kappa shape index (κ2) is 9.20. The molecule has 0 saturated heterocycles. The summed E-state index contributed by atoms with van der Waals surface area (Å²) in [7, 11) is 0. The van der Waals surface area contributed by atoms with Gasteiger partial charge in [-0.25, -0.2) is 0 Å². The number of benzene rings is 6. The smallest absolute Gasteiger partial charge is 0.0434 e. The predicted octanol–water partition coefficient (Wildman–Crippen LogP) is 10.7.